The molecule has 0 saturated heterocycles. The van der Waals surface area contributed by atoms with Crippen LogP contribution in [-0.2, 0) is 14.3 Å². The van der Waals surface area contributed by atoms with Crippen LogP contribution < -0.4 is 0 Å². The summed E-state index contributed by atoms with van der Waals surface area (Å²) >= 11 is 0. The van der Waals surface area contributed by atoms with Crippen molar-refractivity contribution in [2.24, 2.45) is 0 Å². The molecule has 0 radical (unpaired) electrons. The van der Waals surface area contributed by atoms with Crippen LogP contribution in [0.15, 0.2) is 66.8 Å². The number of ether oxygens (including phenoxy) is 2. The number of benzene rings is 1. The van der Waals surface area contributed by atoms with Gasteiger partial charge in [-0.05, 0) is 38.7 Å². The van der Waals surface area contributed by atoms with Crippen LogP contribution in [0.4, 0.5) is 0 Å². The number of carbonyl (C=O) groups is 2. The van der Waals surface area contributed by atoms with E-state index in [9.17, 15) is 9.59 Å². The second kappa shape index (κ2) is 13.3. The van der Waals surface area contributed by atoms with Gasteiger partial charge in [0.05, 0.1) is 19.6 Å². The first-order valence-corrected chi connectivity index (χ1v) is 9.96. The SMILES string of the molecule is C=C(C)C(/C=C\CC(=O)OCCCCOC(=C)c1ccc(C(C)=O)cc1)=C/CC. The van der Waals surface area contributed by atoms with Gasteiger partial charge in [-0.3, -0.25) is 9.59 Å². The molecule has 0 amide bonds. The van der Waals surface area contributed by atoms with Crippen LogP contribution in [0.2, 0.25) is 0 Å². The lowest BCUT2D eigenvalue weighted by Gasteiger charge is -2.10. The van der Waals surface area contributed by atoms with E-state index in [0.29, 0.717) is 24.5 Å². The highest BCUT2D eigenvalue weighted by Crippen LogP contribution is 2.15. The molecule has 4 heteroatoms. The highest BCUT2D eigenvalue weighted by Gasteiger charge is 2.04. The number of ketones is 1. The maximum Gasteiger partial charge on any atom is 0.309 e. The average Bonchev–Trinajstić information content (AvgIpc) is 2.69. The Balaban J connectivity index is 2.21. The van der Waals surface area contributed by atoms with Crippen molar-refractivity contribution in [3.8, 4) is 0 Å². The lowest BCUT2D eigenvalue weighted by molar-refractivity contribution is -0.142. The van der Waals surface area contributed by atoms with E-state index in [1.54, 1.807) is 12.1 Å². The molecule has 1 rings (SSSR count). The summed E-state index contributed by atoms with van der Waals surface area (Å²) in [4.78, 5) is 23.1. The molecule has 0 bridgehead atoms. The lowest BCUT2D eigenvalue weighted by atomic mass is 10.1. The predicted molar refractivity (Wildman–Crippen MR) is 119 cm³/mol. The third kappa shape index (κ3) is 9.74. The third-order valence-corrected chi connectivity index (χ3v) is 4.19. The summed E-state index contributed by atoms with van der Waals surface area (Å²) in [5.74, 6) is 0.354. The van der Waals surface area contributed by atoms with Gasteiger partial charge in [-0.25, -0.2) is 0 Å². The van der Waals surface area contributed by atoms with Crippen molar-refractivity contribution in [3.05, 3.63) is 77.9 Å². The topological polar surface area (TPSA) is 52.6 Å². The maximum atomic E-state index is 11.8. The van der Waals surface area contributed by atoms with Crippen molar-refractivity contribution < 1.29 is 19.1 Å². The molecule has 0 saturated carbocycles. The summed E-state index contributed by atoms with van der Waals surface area (Å²) < 4.78 is 10.9. The van der Waals surface area contributed by atoms with Crippen molar-refractivity contribution in [2.75, 3.05) is 13.2 Å². The van der Waals surface area contributed by atoms with Gasteiger partial charge in [-0.15, -0.1) is 0 Å². The summed E-state index contributed by atoms with van der Waals surface area (Å²) in [6.07, 6.45) is 8.45. The molecular formula is C25H32O4. The van der Waals surface area contributed by atoms with Crippen molar-refractivity contribution in [1.29, 1.82) is 0 Å². The number of hydrogen-bond acceptors (Lipinski definition) is 4. The molecule has 0 aliphatic rings. The van der Waals surface area contributed by atoms with Crippen LogP contribution in [0.1, 0.15) is 62.4 Å². The van der Waals surface area contributed by atoms with E-state index in [4.69, 9.17) is 9.47 Å². The molecule has 0 aliphatic carbocycles. The number of carbonyl (C=O) groups excluding carboxylic acids is 2. The van der Waals surface area contributed by atoms with E-state index >= 15 is 0 Å². The van der Waals surface area contributed by atoms with E-state index in [2.05, 4.69) is 26.2 Å². The number of unbranched alkanes of at least 4 members (excludes halogenated alkanes) is 1. The van der Waals surface area contributed by atoms with Gasteiger partial charge >= 0.3 is 5.97 Å². The molecule has 0 atom stereocenters. The van der Waals surface area contributed by atoms with Crippen LogP contribution in [0.25, 0.3) is 5.76 Å². The summed E-state index contributed by atoms with van der Waals surface area (Å²) in [5, 5.41) is 0. The minimum Gasteiger partial charge on any atom is -0.494 e. The van der Waals surface area contributed by atoms with Gasteiger partial charge in [0.2, 0.25) is 0 Å². The predicted octanol–water partition coefficient (Wildman–Crippen LogP) is 6.06. The quantitative estimate of drug-likeness (QED) is 0.134. The highest BCUT2D eigenvalue weighted by atomic mass is 16.5. The Morgan fingerprint density at radius 3 is 2.10 bits per heavy atom. The summed E-state index contributed by atoms with van der Waals surface area (Å²) in [6, 6.07) is 7.17. The van der Waals surface area contributed by atoms with E-state index in [-0.39, 0.29) is 18.2 Å². The fraction of sp³-hybridized carbons (Fsp3) is 0.360. The van der Waals surface area contributed by atoms with Crippen molar-refractivity contribution >= 4 is 17.5 Å². The number of allylic oxidation sites excluding steroid dienone is 4. The Labute approximate surface area is 174 Å². The Hall–Kier alpha value is -2.88. The molecule has 0 fully saturated rings. The van der Waals surface area contributed by atoms with Gasteiger partial charge in [0, 0.05) is 11.1 Å². The standard InChI is InChI=1S/C25H32O4/c1-6-10-22(19(2)3)11-9-12-25(27)29-18-8-7-17-28-21(5)24-15-13-23(14-16-24)20(4)26/h9-11,13-16H,2,5-8,12,17-18H2,1,3-4H3/b11-9-,22-10+. The zero-order valence-corrected chi connectivity index (χ0v) is 17.8. The molecule has 0 unspecified atom stereocenters. The molecule has 0 aliphatic heterocycles. The summed E-state index contributed by atoms with van der Waals surface area (Å²) in [6.45, 7) is 14.2. The molecular weight excluding hydrogens is 364 g/mol. The number of hydrogen-bond donors (Lipinski definition) is 0. The zero-order valence-electron chi connectivity index (χ0n) is 17.8. The number of Topliss-reactive ketones (excluding diaryl/α,β-unsaturated/α-hetero) is 1. The molecule has 0 N–H and O–H groups in total. The Morgan fingerprint density at radius 2 is 1.55 bits per heavy atom. The normalized spacial score (nSPS) is 11.3. The van der Waals surface area contributed by atoms with Gasteiger partial charge < -0.3 is 9.47 Å². The van der Waals surface area contributed by atoms with Crippen molar-refractivity contribution in [1.82, 2.24) is 0 Å². The molecule has 1 aromatic rings. The monoisotopic (exact) mass is 396 g/mol. The first kappa shape index (κ1) is 24.2. The maximum absolute atomic E-state index is 11.8. The molecule has 0 aromatic heterocycles. The minimum atomic E-state index is -0.241. The average molecular weight is 397 g/mol. The summed E-state index contributed by atoms with van der Waals surface area (Å²) in [5.41, 5.74) is 3.54. The minimum absolute atomic E-state index is 0.0294. The van der Waals surface area contributed by atoms with Crippen LogP contribution in [-0.4, -0.2) is 25.0 Å². The van der Waals surface area contributed by atoms with E-state index in [0.717, 1.165) is 36.0 Å². The molecule has 29 heavy (non-hydrogen) atoms. The second-order valence-corrected chi connectivity index (χ2v) is 6.79. The molecule has 0 heterocycles. The molecule has 4 nitrogen and oxygen atoms in total. The van der Waals surface area contributed by atoms with Crippen LogP contribution >= 0.6 is 0 Å². The number of esters is 1. The van der Waals surface area contributed by atoms with Gasteiger partial charge in [-0.2, -0.15) is 0 Å². The lowest BCUT2D eigenvalue weighted by Crippen LogP contribution is -2.05. The molecule has 156 valence electrons. The van der Waals surface area contributed by atoms with Crippen LogP contribution in [0.3, 0.4) is 0 Å². The summed E-state index contributed by atoms with van der Waals surface area (Å²) in [7, 11) is 0. The fourth-order valence-corrected chi connectivity index (χ4v) is 2.51. The Morgan fingerprint density at radius 1 is 0.966 bits per heavy atom. The van der Waals surface area contributed by atoms with E-state index in [1.807, 2.05) is 31.2 Å². The second-order valence-electron chi connectivity index (χ2n) is 6.79. The van der Waals surface area contributed by atoms with Crippen LogP contribution in [0, 0.1) is 0 Å². The van der Waals surface area contributed by atoms with E-state index in [1.165, 1.54) is 6.92 Å². The van der Waals surface area contributed by atoms with Crippen molar-refractivity contribution in [2.45, 2.75) is 46.5 Å². The van der Waals surface area contributed by atoms with Crippen LogP contribution in [0.5, 0.6) is 0 Å². The first-order chi connectivity index (χ1) is 13.8. The van der Waals surface area contributed by atoms with Gasteiger partial charge in [0.15, 0.2) is 5.78 Å². The Kier molecular flexibility index (Phi) is 11.1. The molecule has 1 aromatic carbocycles. The third-order valence-electron chi connectivity index (χ3n) is 4.19. The fourth-order valence-electron chi connectivity index (χ4n) is 2.51. The number of rotatable bonds is 13. The van der Waals surface area contributed by atoms with Gasteiger partial charge in [0.1, 0.15) is 5.76 Å². The highest BCUT2D eigenvalue weighted by molar-refractivity contribution is 5.94. The first-order valence-electron chi connectivity index (χ1n) is 9.96. The molecule has 0 spiro atoms. The van der Waals surface area contributed by atoms with E-state index < -0.39 is 0 Å². The largest absolute Gasteiger partial charge is 0.494 e. The smallest absolute Gasteiger partial charge is 0.309 e. The zero-order chi connectivity index (χ0) is 21.6. The van der Waals surface area contributed by atoms with Crippen molar-refractivity contribution in [3.63, 3.8) is 0 Å². The van der Waals surface area contributed by atoms with Gasteiger partial charge in [-0.1, -0.05) is 68.1 Å². The Bertz CT molecular complexity index is 767. The van der Waals surface area contributed by atoms with Gasteiger partial charge in [0.25, 0.3) is 0 Å².